The molecular formula is C18H12BrN5O. The zero-order valence-corrected chi connectivity index (χ0v) is 14.5. The summed E-state index contributed by atoms with van der Waals surface area (Å²) < 4.78 is 6.55. The van der Waals surface area contributed by atoms with Gasteiger partial charge in [0.05, 0.1) is 17.2 Å². The van der Waals surface area contributed by atoms with Crippen molar-refractivity contribution in [1.29, 1.82) is 5.26 Å². The number of allylic oxidation sites excluding steroid dienone is 1. The van der Waals surface area contributed by atoms with Crippen LogP contribution in [0.3, 0.4) is 0 Å². The second-order valence-corrected chi connectivity index (χ2v) is 6.45. The van der Waals surface area contributed by atoms with Gasteiger partial charge in [-0.05, 0) is 23.8 Å². The Hall–Kier alpha value is -3.11. The number of halogens is 1. The summed E-state index contributed by atoms with van der Waals surface area (Å²) in [5.74, 6) is 0.0563. The third-order valence-corrected chi connectivity index (χ3v) is 4.62. The molecule has 1 atom stereocenters. The van der Waals surface area contributed by atoms with E-state index in [1.165, 1.54) is 0 Å². The number of aromatic nitrogens is 3. The van der Waals surface area contributed by atoms with E-state index in [9.17, 15) is 5.26 Å². The summed E-state index contributed by atoms with van der Waals surface area (Å²) in [6, 6.07) is 13.7. The van der Waals surface area contributed by atoms with E-state index < -0.39 is 0 Å². The molecule has 0 unspecified atom stereocenters. The van der Waals surface area contributed by atoms with Gasteiger partial charge in [-0.1, -0.05) is 34.1 Å². The van der Waals surface area contributed by atoms with Crippen LogP contribution < -0.4 is 10.5 Å². The summed E-state index contributed by atoms with van der Waals surface area (Å²) in [6.07, 6.45) is 3.41. The van der Waals surface area contributed by atoms with E-state index in [0.717, 1.165) is 26.9 Å². The van der Waals surface area contributed by atoms with Crippen molar-refractivity contribution >= 4 is 15.9 Å². The van der Waals surface area contributed by atoms with Gasteiger partial charge in [0.15, 0.2) is 0 Å². The van der Waals surface area contributed by atoms with Crippen molar-refractivity contribution in [3.8, 4) is 23.2 Å². The molecule has 0 saturated heterocycles. The van der Waals surface area contributed by atoms with Crippen molar-refractivity contribution in [3.63, 3.8) is 0 Å². The van der Waals surface area contributed by atoms with Gasteiger partial charge in [-0.25, -0.2) is 0 Å². The van der Waals surface area contributed by atoms with E-state index in [2.05, 4.69) is 37.2 Å². The highest BCUT2D eigenvalue weighted by Gasteiger charge is 2.35. The van der Waals surface area contributed by atoms with E-state index >= 15 is 0 Å². The number of H-pyrrole nitrogens is 1. The van der Waals surface area contributed by atoms with Gasteiger partial charge >= 0.3 is 0 Å². The highest BCUT2D eigenvalue weighted by molar-refractivity contribution is 9.10. The number of benzene rings is 1. The van der Waals surface area contributed by atoms with Gasteiger partial charge < -0.3 is 10.5 Å². The molecule has 0 radical (unpaired) electrons. The van der Waals surface area contributed by atoms with Gasteiger partial charge in [-0.2, -0.15) is 5.26 Å². The van der Waals surface area contributed by atoms with Crippen molar-refractivity contribution in [2.24, 2.45) is 5.73 Å². The molecule has 25 heavy (non-hydrogen) atoms. The summed E-state index contributed by atoms with van der Waals surface area (Å²) in [5.41, 5.74) is 9.66. The Balaban J connectivity index is 1.94. The highest BCUT2D eigenvalue weighted by Crippen LogP contribution is 2.45. The van der Waals surface area contributed by atoms with Crippen LogP contribution >= 0.6 is 15.9 Å². The molecule has 7 heteroatoms. The lowest BCUT2D eigenvalue weighted by atomic mass is 9.84. The molecule has 3 aromatic rings. The van der Waals surface area contributed by atoms with Crippen LogP contribution in [0.5, 0.6) is 5.88 Å². The van der Waals surface area contributed by atoms with Gasteiger partial charge in [0.2, 0.25) is 11.8 Å². The fourth-order valence-electron chi connectivity index (χ4n) is 2.96. The molecule has 3 N–H and O–H groups in total. The largest absolute Gasteiger partial charge is 0.420 e. The standard InChI is InChI=1S/C18H12BrN5O/c19-12-5-3-10(4-6-12)16-15-14(11-2-1-7-22-9-11)13(8-20)17(21)25-18(15)24-23-16/h1-7,9,14H,21H2,(H,23,24)/t14-/m0/s1. The Bertz CT molecular complexity index is 1000. The number of nitriles is 1. The number of pyridine rings is 1. The molecule has 2 aromatic heterocycles. The monoisotopic (exact) mass is 393 g/mol. The molecule has 0 fully saturated rings. The van der Waals surface area contributed by atoms with Crippen LogP contribution in [-0.4, -0.2) is 15.2 Å². The maximum absolute atomic E-state index is 9.63. The van der Waals surface area contributed by atoms with E-state index in [4.69, 9.17) is 10.5 Å². The molecule has 0 aliphatic carbocycles. The molecule has 122 valence electrons. The predicted octanol–water partition coefficient (Wildman–Crippen LogP) is 3.45. The van der Waals surface area contributed by atoms with E-state index in [-0.39, 0.29) is 11.8 Å². The van der Waals surface area contributed by atoms with Crippen molar-refractivity contribution in [3.05, 3.63) is 75.8 Å². The normalized spacial score (nSPS) is 16.1. The SMILES string of the molecule is N#CC1=C(N)Oc2n[nH]c(-c3ccc(Br)cc3)c2[C@H]1c1cccnc1. The summed E-state index contributed by atoms with van der Waals surface area (Å²) in [6.45, 7) is 0. The number of fused-ring (bicyclic) bond motifs is 1. The topological polar surface area (TPSA) is 101 Å². The number of aromatic amines is 1. The van der Waals surface area contributed by atoms with Gasteiger partial charge in [0, 0.05) is 22.4 Å². The predicted molar refractivity (Wildman–Crippen MR) is 95.3 cm³/mol. The first-order valence-electron chi connectivity index (χ1n) is 7.50. The molecule has 1 aromatic carbocycles. The Kier molecular flexibility index (Phi) is 3.75. The Morgan fingerprint density at radius 3 is 2.72 bits per heavy atom. The summed E-state index contributed by atoms with van der Waals surface area (Å²) >= 11 is 3.44. The molecule has 0 saturated carbocycles. The first-order valence-corrected chi connectivity index (χ1v) is 8.30. The molecule has 6 nitrogen and oxygen atoms in total. The van der Waals surface area contributed by atoms with Crippen LogP contribution in [-0.2, 0) is 0 Å². The molecule has 3 heterocycles. The summed E-state index contributed by atoms with van der Waals surface area (Å²) in [5, 5.41) is 16.9. The minimum atomic E-state index is -0.389. The first kappa shape index (κ1) is 15.4. The van der Waals surface area contributed by atoms with Crippen LogP contribution in [0.25, 0.3) is 11.3 Å². The minimum Gasteiger partial charge on any atom is -0.420 e. The first-order chi connectivity index (χ1) is 12.2. The Morgan fingerprint density at radius 2 is 2.04 bits per heavy atom. The number of hydrogen-bond donors (Lipinski definition) is 2. The van der Waals surface area contributed by atoms with Crippen LogP contribution in [0.4, 0.5) is 0 Å². The molecular weight excluding hydrogens is 382 g/mol. The average Bonchev–Trinajstić information content (AvgIpc) is 3.05. The van der Waals surface area contributed by atoms with Crippen molar-refractivity contribution in [1.82, 2.24) is 15.2 Å². The quantitative estimate of drug-likeness (QED) is 0.694. The molecule has 4 rings (SSSR count). The van der Waals surface area contributed by atoms with Gasteiger partial charge in [0.1, 0.15) is 11.6 Å². The number of nitrogens with two attached hydrogens (primary N) is 1. The second kappa shape index (κ2) is 6.07. The molecule has 1 aliphatic heterocycles. The van der Waals surface area contributed by atoms with Crippen LogP contribution in [0.1, 0.15) is 17.0 Å². The molecule has 1 aliphatic rings. The van der Waals surface area contributed by atoms with Gasteiger partial charge in [-0.3, -0.25) is 10.1 Å². The zero-order chi connectivity index (χ0) is 17.4. The van der Waals surface area contributed by atoms with Crippen molar-refractivity contribution < 1.29 is 4.74 Å². The molecule has 0 amide bonds. The Morgan fingerprint density at radius 1 is 1.24 bits per heavy atom. The van der Waals surface area contributed by atoms with E-state index in [0.29, 0.717) is 11.5 Å². The highest BCUT2D eigenvalue weighted by atomic mass is 79.9. The van der Waals surface area contributed by atoms with E-state index in [1.807, 2.05) is 36.4 Å². The number of hydrogen-bond acceptors (Lipinski definition) is 5. The van der Waals surface area contributed by atoms with Gasteiger partial charge in [-0.15, -0.1) is 5.10 Å². The fourth-order valence-corrected chi connectivity index (χ4v) is 3.23. The molecule has 0 bridgehead atoms. The Labute approximate surface area is 152 Å². The maximum Gasteiger partial charge on any atom is 0.244 e. The van der Waals surface area contributed by atoms with Crippen molar-refractivity contribution in [2.45, 2.75) is 5.92 Å². The maximum atomic E-state index is 9.63. The summed E-state index contributed by atoms with van der Waals surface area (Å²) in [4.78, 5) is 4.17. The third kappa shape index (κ3) is 2.57. The molecule has 0 spiro atoms. The minimum absolute atomic E-state index is 0.0673. The number of nitrogens with zero attached hydrogens (tertiary/aromatic N) is 3. The van der Waals surface area contributed by atoms with Crippen LogP contribution in [0, 0.1) is 11.3 Å². The fraction of sp³-hybridized carbons (Fsp3) is 0.0556. The lowest BCUT2D eigenvalue weighted by Crippen LogP contribution is -2.21. The second-order valence-electron chi connectivity index (χ2n) is 5.54. The lowest BCUT2D eigenvalue weighted by Gasteiger charge is -2.23. The van der Waals surface area contributed by atoms with Crippen LogP contribution in [0.2, 0.25) is 0 Å². The van der Waals surface area contributed by atoms with Crippen LogP contribution in [0.15, 0.2) is 64.7 Å². The number of rotatable bonds is 2. The zero-order valence-electron chi connectivity index (χ0n) is 12.9. The average molecular weight is 394 g/mol. The number of ether oxygens (including phenoxy) is 1. The summed E-state index contributed by atoms with van der Waals surface area (Å²) in [7, 11) is 0. The number of nitrogens with one attached hydrogen (secondary N) is 1. The van der Waals surface area contributed by atoms with E-state index in [1.54, 1.807) is 12.4 Å². The van der Waals surface area contributed by atoms with Crippen molar-refractivity contribution in [2.75, 3.05) is 0 Å². The third-order valence-electron chi connectivity index (χ3n) is 4.09. The van der Waals surface area contributed by atoms with Gasteiger partial charge in [0.25, 0.3) is 0 Å². The lowest BCUT2D eigenvalue weighted by molar-refractivity contribution is 0.379. The smallest absolute Gasteiger partial charge is 0.244 e.